The molecular formula is C31H55NO4. The van der Waals surface area contributed by atoms with Gasteiger partial charge in [0.25, 0.3) is 0 Å². The Morgan fingerprint density at radius 3 is 1.89 bits per heavy atom. The third kappa shape index (κ3) is 19.6. The first-order chi connectivity index (χ1) is 17.5. The van der Waals surface area contributed by atoms with Gasteiger partial charge in [-0.2, -0.15) is 0 Å². The molecule has 36 heavy (non-hydrogen) atoms. The Morgan fingerprint density at radius 2 is 1.36 bits per heavy atom. The van der Waals surface area contributed by atoms with E-state index in [0.29, 0.717) is 32.0 Å². The lowest BCUT2D eigenvalue weighted by molar-refractivity contribution is -0.143. The zero-order valence-electron chi connectivity index (χ0n) is 23.6. The number of nitrogens with one attached hydrogen (secondary N) is 1. The topological polar surface area (TPSA) is 67.8 Å². The Balaban J connectivity index is 1.94. The van der Waals surface area contributed by atoms with Crippen molar-refractivity contribution in [1.82, 2.24) is 5.32 Å². The van der Waals surface area contributed by atoms with Crippen LogP contribution in [0.4, 0.5) is 0 Å². The number of esters is 1. The van der Waals surface area contributed by atoms with Crippen molar-refractivity contribution >= 4 is 5.97 Å². The van der Waals surface area contributed by atoms with Crippen LogP contribution in [-0.2, 0) is 16.0 Å². The molecule has 0 fully saturated rings. The normalized spacial score (nSPS) is 12.1. The van der Waals surface area contributed by atoms with E-state index in [1.54, 1.807) is 0 Å². The van der Waals surface area contributed by atoms with E-state index in [1.165, 1.54) is 77.0 Å². The Hall–Kier alpha value is -1.59. The predicted octanol–water partition coefficient (Wildman–Crippen LogP) is 7.38. The van der Waals surface area contributed by atoms with E-state index in [9.17, 15) is 9.90 Å². The highest BCUT2D eigenvalue weighted by molar-refractivity contribution is 5.69. The average Bonchev–Trinajstić information content (AvgIpc) is 2.87. The van der Waals surface area contributed by atoms with Gasteiger partial charge in [-0.25, -0.2) is 0 Å². The highest BCUT2D eigenvalue weighted by Gasteiger charge is 2.07. The Morgan fingerprint density at radius 1 is 0.833 bits per heavy atom. The first kappa shape index (κ1) is 32.4. The van der Waals surface area contributed by atoms with E-state index in [0.717, 1.165) is 24.2 Å². The van der Waals surface area contributed by atoms with Crippen LogP contribution in [0.5, 0.6) is 5.75 Å². The molecule has 0 aromatic heterocycles. The van der Waals surface area contributed by atoms with E-state index in [-0.39, 0.29) is 12.6 Å². The summed E-state index contributed by atoms with van der Waals surface area (Å²) in [6, 6.07) is 8.05. The van der Waals surface area contributed by atoms with Gasteiger partial charge in [0, 0.05) is 19.0 Å². The number of carbonyl (C=O) groups is 1. The molecule has 1 rings (SSSR count). The number of aliphatic hydroxyl groups is 1. The van der Waals surface area contributed by atoms with Crippen LogP contribution in [-0.4, -0.2) is 43.0 Å². The molecule has 0 heterocycles. The quantitative estimate of drug-likeness (QED) is 0.113. The van der Waals surface area contributed by atoms with Gasteiger partial charge >= 0.3 is 5.97 Å². The third-order valence-electron chi connectivity index (χ3n) is 6.51. The first-order valence-electron chi connectivity index (χ1n) is 14.8. The van der Waals surface area contributed by atoms with Gasteiger partial charge in [-0.1, -0.05) is 116 Å². The number of benzene rings is 1. The fourth-order valence-electron chi connectivity index (χ4n) is 4.18. The van der Waals surface area contributed by atoms with Gasteiger partial charge in [-0.05, 0) is 30.5 Å². The second-order valence-electron chi connectivity index (χ2n) is 10.5. The minimum Gasteiger partial charge on any atom is -0.491 e. The van der Waals surface area contributed by atoms with Crippen molar-refractivity contribution < 1.29 is 19.4 Å². The maximum Gasteiger partial charge on any atom is 0.306 e. The Bertz CT molecular complexity index is 632. The minimum absolute atomic E-state index is 0.120. The molecule has 1 unspecified atom stereocenters. The van der Waals surface area contributed by atoms with Crippen LogP contribution in [0.2, 0.25) is 0 Å². The molecule has 0 aliphatic rings. The van der Waals surface area contributed by atoms with E-state index in [2.05, 4.69) is 12.2 Å². The zero-order valence-corrected chi connectivity index (χ0v) is 23.6. The van der Waals surface area contributed by atoms with Crippen molar-refractivity contribution in [1.29, 1.82) is 0 Å². The largest absolute Gasteiger partial charge is 0.491 e. The number of carbonyl (C=O) groups excluding carboxylic acids is 1. The van der Waals surface area contributed by atoms with Crippen molar-refractivity contribution in [2.24, 2.45) is 0 Å². The number of hydrogen-bond acceptors (Lipinski definition) is 5. The van der Waals surface area contributed by atoms with E-state index < -0.39 is 6.10 Å². The van der Waals surface area contributed by atoms with Gasteiger partial charge < -0.3 is 19.9 Å². The first-order valence-corrected chi connectivity index (χ1v) is 14.8. The molecule has 0 bridgehead atoms. The number of aliphatic hydroxyl groups excluding tert-OH is 1. The molecule has 0 aliphatic heterocycles. The van der Waals surface area contributed by atoms with Gasteiger partial charge in [0.15, 0.2) is 0 Å². The molecule has 5 heteroatoms. The molecule has 1 aromatic carbocycles. The summed E-state index contributed by atoms with van der Waals surface area (Å²) in [7, 11) is 0. The predicted molar refractivity (Wildman–Crippen MR) is 151 cm³/mol. The maximum absolute atomic E-state index is 12.0. The molecule has 5 nitrogen and oxygen atoms in total. The zero-order chi connectivity index (χ0) is 26.3. The molecule has 0 saturated carbocycles. The number of rotatable bonds is 24. The highest BCUT2D eigenvalue weighted by Crippen LogP contribution is 2.15. The summed E-state index contributed by atoms with van der Waals surface area (Å²) < 4.78 is 11.0. The summed E-state index contributed by atoms with van der Waals surface area (Å²) in [5.41, 5.74) is 1.08. The smallest absolute Gasteiger partial charge is 0.306 e. The van der Waals surface area contributed by atoms with Crippen LogP contribution < -0.4 is 10.1 Å². The fourth-order valence-corrected chi connectivity index (χ4v) is 4.18. The van der Waals surface area contributed by atoms with Crippen molar-refractivity contribution in [3.05, 3.63) is 29.8 Å². The van der Waals surface area contributed by atoms with Crippen molar-refractivity contribution in [2.45, 2.75) is 136 Å². The molecule has 2 N–H and O–H groups in total. The number of ether oxygens (including phenoxy) is 2. The molecule has 1 aromatic rings. The van der Waals surface area contributed by atoms with Crippen molar-refractivity contribution in [2.75, 3.05) is 19.8 Å². The SMILES string of the molecule is CCCCCCCCCCCCCCCCOC(=O)CCc1ccc(OCC(O)CNC(C)C)cc1. The molecule has 0 amide bonds. The summed E-state index contributed by atoms with van der Waals surface area (Å²) in [4.78, 5) is 12.0. The summed E-state index contributed by atoms with van der Waals surface area (Å²) >= 11 is 0. The van der Waals surface area contributed by atoms with E-state index in [1.807, 2.05) is 38.1 Å². The van der Waals surface area contributed by atoms with Crippen LogP contribution >= 0.6 is 0 Å². The van der Waals surface area contributed by atoms with Crippen LogP contribution in [0.1, 0.15) is 123 Å². The maximum atomic E-state index is 12.0. The fraction of sp³-hybridized carbons (Fsp3) is 0.774. The molecule has 0 aliphatic carbocycles. The molecule has 208 valence electrons. The standard InChI is InChI=1S/C31H55NO4/c1-4-5-6-7-8-9-10-11-12-13-14-15-16-17-24-35-31(34)23-20-28-18-21-30(22-19-28)36-26-29(33)25-32-27(2)3/h18-19,21-22,27,29,32-33H,4-17,20,23-26H2,1-3H3. The molecule has 0 radical (unpaired) electrons. The molecular weight excluding hydrogens is 450 g/mol. The van der Waals surface area contributed by atoms with E-state index >= 15 is 0 Å². The second-order valence-corrected chi connectivity index (χ2v) is 10.5. The summed E-state index contributed by atoms with van der Waals surface area (Å²) in [6.07, 6.45) is 19.1. The van der Waals surface area contributed by atoms with Crippen molar-refractivity contribution in [3.8, 4) is 5.75 Å². The highest BCUT2D eigenvalue weighted by atomic mass is 16.5. The molecule has 0 saturated heterocycles. The Kier molecular flexibility index (Phi) is 20.4. The van der Waals surface area contributed by atoms with Gasteiger partial charge in [0.05, 0.1) is 6.61 Å². The average molecular weight is 506 g/mol. The van der Waals surface area contributed by atoms with Gasteiger partial charge in [-0.3, -0.25) is 4.79 Å². The molecule has 1 atom stereocenters. The van der Waals surface area contributed by atoms with Gasteiger partial charge in [0.1, 0.15) is 18.5 Å². The van der Waals surface area contributed by atoms with Gasteiger partial charge in [0.2, 0.25) is 0 Å². The number of unbranched alkanes of at least 4 members (excludes halogenated alkanes) is 13. The second kappa shape index (κ2) is 22.6. The third-order valence-corrected chi connectivity index (χ3v) is 6.51. The van der Waals surface area contributed by atoms with Crippen LogP contribution in [0.25, 0.3) is 0 Å². The van der Waals surface area contributed by atoms with Gasteiger partial charge in [-0.15, -0.1) is 0 Å². The molecule has 0 spiro atoms. The minimum atomic E-state index is -0.540. The van der Waals surface area contributed by atoms with Crippen LogP contribution in [0, 0.1) is 0 Å². The van der Waals surface area contributed by atoms with E-state index in [4.69, 9.17) is 9.47 Å². The van der Waals surface area contributed by atoms with Crippen LogP contribution in [0.15, 0.2) is 24.3 Å². The number of hydrogen-bond donors (Lipinski definition) is 2. The summed E-state index contributed by atoms with van der Waals surface area (Å²) in [5, 5.41) is 13.1. The van der Waals surface area contributed by atoms with Crippen LogP contribution in [0.3, 0.4) is 0 Å². The lowest BCUT2D eigenvalue weighted by Crippen LogP contribution is -2.35. The monoisotopic (exact) mass is 505 g/mol. The Labute approximate surface area is 221 Å². The summed E-state index contributed by atoms with van der Waals surface area (Å²) in [6.45, 7) is 7.67. The summed E-state index contributed by atoms with van der Waals surface area (Å²) in [5.74, 6) is 0.605. The lowest BCUT2D eigenvalue weighted by Gasteiger charge is -2.15. The van der Waals surface area contributed by atoms with Crippen molar-refractivity contribution in [3.63, 3.8) is 0 Å². The number of aryl methyl sites for hydroxylation is 1. The lowest BCUT2D eigenvalue weighted by atomic mass is 10.0.